The highest BCUT2D eigenvalue weighted by Crippen LogP contribution is 2.29. The zero-order valence-corrected chi connectivity index (χ0v) is 12.0. The van der Waals surface area contributed by atoms with Gasteiger partial charge in [0.25, 0.3) is 0 Å². The SMILES string of the molecule is C=C(C)COc1ccc(-c2csc3ncc(N)n23)cc1. The maximum absolute atomic E-state index is 5.94. The minimum atomic E-state index is 0.538. The molecule has 2 heterocycles. The molecule has 0 saturated carbocycles. The number of aromatic nitrogens is 2. The third-order valence-corrected chi connectivity index (χ3v) is 3.75. The molecule has 0 aliphatic heterocycles. The molecule has 0 saturated heterocycles. The lowest BCUT2D eigenvalue weighted by molar-refractivity contribution is 0.353. The van der Waals surface area contributed by atoms with Gasteiger partial charge in [-0.3, -0.25) is 4.40 Å². The second-order valence-corrected chi connectivity index (χ2v) is 5.53. The molecule has 20 heavy (non-hydrogen) atoms. The molecule has 3 rings (SSSR count). The number of benzene rings is 1. The summed E-state index contributed by atoms with van der Waals surface area (Å²) in [6.07, 6.45) is 1.68. The van der Waals surface area contributed by atoms with Crippen LogP contribution in [0.2, 0.25) is 0 Å². The van der Waals surface area contributed by atoms with E-state index in [2.05, 4.69) is 16.9 Å². The average molecular weight is 285 g/mol. The molecule has 102 valence electrons. The Hall–Kier alpha value is -2.27. The van der Waals surface area contributed by atoms with Crippen molar-refractivity contribution >= 4 is 22.1 Å². The first-order valence-corrected chi connectivity index (χ1v) is 7.11. The van der Waals surface area contributed by atoms with Gasteiger partial charge in [0.05, 0.1) is 11.9 Å². The van der Waals surface area contributed by atoms with Crippen molar-refractivity contribution in [2.45, 2.75) is 6.92 Å². The first-order valence-electron chi connectivity index (χ1n) is 6.23. The maximum atomic E-state index is 5.94. The molecule has 3 aromatic rings. The smallest absolute Gasteiger partial charge is 0.195 e. The van der Waals surface area contributed by atoms with E-state index in [9.17, 15) is 0 Å². The summed E-state index contributed by atoms with van der Waals surface area (Å²) >= 11 is 1.58. The molecule has 2 aromatic heterocycles. The van der Waals surface area contributed by atoms with Crippen LogP contribution in [-0.2, 0) is 0 Å². The molecule has 0 spiro atoms. The van der Waals surface area contributed by atoms with Gasteiger partial charge in [-0.05, 0) is 42.3 Å². The van der Waals surface area contributed by atoms with E-state index in [1.807, 2.05) is 35.6 Å². The Labute approximate surface area is 121 Å². The second kappa shape index (κ2) is 5.02. The predicted octanol–water partition coefficient (Wildman–Crippen LogP) is 3.60. The highest BCUT2D eigenvalue weighted by atomic mass is 32.1. The van der Waals surface area contributed by atoms with Crippen LogP contribution < -0.4 is 10.5 Å². The van der Waals surface area contributed by atoms with Crippen molar-refractivity contribution in [3.63, 3.8) is 0 Å². The van der Waals surface area contributed by atoms with Gasteiger partial charge in [0.1, 0.15) is 18.2 Å². The van der Waals surface area contributed by atoms with E-state index in [-0.39, 0.29) is 0 Å². The number of thiazole rings is 1. The molecule has 0 atom stereocenters. The number of fused-ring (bicyclic) bond motifs is 1. The Morgan fingerprint density at radius 3 is 2.85 bits per heavy atom. The van der Waals surface area contributed by atoms with Crippen LogP contribution in [0.3, 0.4) is 0 Å². The highest BCUT2D eigenvalue weighted by molar-refractivity contribution is 7.15. The van der Waals surface area contributed by atoms with Gasteiger partial charge in [-0.2, -0.15) is 0 Å². The fourth-order valence-electron chi connectivity index (χ4n) is 1.96. The summed E-state index contributed by atoms with van der Waals surface area (Å²) in [5.41, 5.74) is 9.08. The minimum absolute atomic E-state index is 0.538. The highest BCUT2D eigenvalue weighted by Gasteiger charge is 2.09. The van der Waals surface area contributed by atoms with Gasteiger partial charge in [-0.25, -0.2) is 4.98 Å². The zero-order valence-electron chi connectivity index (χ0n) is 11.2. The van der Waals surface area contributed by atoms with Gasteiger partial charge in [-0.15, -0.1) is 11.3 Å². The average Bonchev–Trinajstić information content (AvgIpc) is 3.01. The predicted molar refractivity (Wildman–Crippen MR) is 83.2 cm³/mol. The van der Waals surface area contributed by atoms with E-state index in [0.717, 1.165) is 27.5 Å². The summed E-state index contributed by atoms with van der Waals surface area (Å²) in [6, 6.07) is 7.95. The molecule has 5 heteroatoms. The van der Waals surface area contributed by atoms with Crippen molar-refractivity contribution in [2.24, 2.45) is 0 Å². The van der Waals surface area contributed by atoms with Gasteiger partial charge in [0.2, 0.25) is 0 Å². The minimum Gasteiger partial charge on any atom is -0.489 e. The lowest BCUT2D eigenvalue weighted by Gasteiger charge is -2.07. The van der Waals surface area contributed by atoms with Gasteiger partial charge in [-0.1, -0.05) is 6.58 Å². The number of hydrogen-bond donors (Lipinski definition) is 1. The molecule has 0 amide bonds. The number of ether oxygens (including phenoxy) is 1. The molecule has 0 fully saturated rings. The first kappa shape index (κ1) is 12.7. The number of nitrogen functional groups attached to an aromatic ring is 1. The number of anilines is 1. The normalized spacial score (nSPS) is 10.8. The topological polar surface area (TPSA) is 52.5 Å². The van der Waals surface area contributed by atoms with Gasteiger partial charge >= 0.3 is 0 Å². The van der Waals surface area contributed by atoms with Crippen LogP contribution in [0, 0.1) is 0 Å². The van der Waals surface area contributed by atoms with Crippen LogP contribution in [0.15, 0.2) is 48.0 Å². The Balaban J connectivity index is 1.91. The standard InChI is InChI=1S/C15H15N3OS/c1-10(2)8-19-12-5-3-11(4-6-12)13-9-20-15-17-7-14(16)18(13)15/h3-7,9H,1,8,16H2,2H3. The summed E-state index contributed by atoms with van der Waals surface area (Å²) in [5.74, 6) is 1.49. The second-order valence-electron chi connectivity index (χ2n) is 4.69. The molecular formula is C15H15N3OS. The van der Waals surface area contributed by atoms with Crippen molar-refractivity contribution < 1.29 is 4.74 Å². The van der Waals surface area contributed by atoms with Crippen LogP contribution in [0.4, 0.5) is 5.82 Å². The van der Waals surface area contributed by atoms with E-state index < -0.39 is 0 Å². The van der Waals surface area contributed by atoms with E-state index >= 15 is 0 Å². The first-order chi connectivity index (χ1) is 9.65. The van der Waals surface area contributed by atoms with E-state index in [0.29, 0.717) is 12.4 Å². The molecule has 0 bridgehead atoms. The maximum Gasteiger partial charge on any atom is 0.195 e. The Kier molecular flexibility index (Phi) is 3.20. The number of imidazole rings is 1. The molecule has 0 radical (unpaired) electrons. The summed E-state index contributed by atoms with van der Waals surface area (Å²) in [5, 5.41) is 2.06. The number of nitrogens with zero attached hydrogens (tertiary/aromatic N) is 2. The van der Waals surface area contributed by atoms with Gasteiger partial charge < -0.3 is 10.5 Å². The van der Waals surface area contributed by atoms with E-state index in [4.69, 9.17) is 10.5 Å². The third-order valence-electron chi connectivity index (χ3n) is 2.91. The number of nitrogens with two attached hydrogens (primary N) is 1. The molecule has 0 aliphatic carbocycles. The summed E-state index contributed by atoms with van der Waals surface area (Å²) < 4.78 is 7.55. The molecular weight excluding hydrogens is 270 g/mol. The van der Waals surface area contributed by atoms with Crippen LogP contribution in [0.1, 0.15) is 6.92 Å². The van der Waals surface area contributed by atoms with E-state index in [1.165, 1.54) is 0 Å². The number of rotatable bonds is 4. The van der Waals surface area contributed by atoms with Crippen LogP contribution in [0.5, 0.6) is 5.75 Å². The number of hydrogen-bond acceptors (Lipinski definition) is 4. The quantitative estimate of drug-likeness (QED) is 0.745. The molecule has 2 N–H and O–H groups in total. The van der Waals surface area contributed by atoms with Crippen molar-refractivity contribution in [3.8, 4) is 17.0 Å². The lowest BCUT2D eigenvalue weighted by Crippen LogP contribution is -1.97. The van der Waals surface area contributed by atoms with Gasteiger partial charge in [0, 0.05) is 5.38 Å². The summed E-state index contributed by atoms with van der Waals surface area (Å²) in [7, 11) is 0. The van der Waals surface area contributed by atoms with Crippen LogP contribution in [0.25, 0.3) is 16.2 Å². The summed E-state index contributed by atoms with van der Waals surface area (Å²) in [6.45, 7) is 6.30. The van der Waals surface area contributed by atoms with Crippen LogP contribution in [-0.4, -0.2) is 16.0 Å². The lowest BCUT2D eigenvalue weighted by atomic mass is 10.1. The third kappa shape index (κ3) is 2.28. The molecule has 4 nitrogen and oxygen atoms in total. The Bertz CT molecular complexity index is 755. The van der Waals surface area contributed by atoms with Crippen molar-refractivity contribution in [2.75, 3.05) is 12.3 Å². The molecule has 0 unspecified atom stereocenters. The van der Waals surface area contributed by atoms with E-state index in [1.54, 1.807) is 17.5 Å². The van der Waals surface area contributed by atoms with Crippen molar-refractivity contribution in [3.05, 3.63) is 48.0 Å². The van der Waals surface area contributed by atoms with Crippen molar-refractivity contribution in [1.82, 2.24) is 9.38 Å². The largest absolute Gasteiger partial charge is 0.489 e. The Morgan fingerprint density at radius 1 is 1.40 bits per heavy atom. The molecule has 0 aliphatic rings. The fraction of sp³-hybridized carbons (Fsp3) is 0.133. The van der Waals surface area contributed by atoms with Crippen LogP contribution >= 0.6 is 11.3 Å². The Morgan fingerprint density at radius 2 is 2.15 bits per heavy atom. The monoisotopic (exact) mass is 285 g/mol. The fourth-order valence-corrected chi connectivity index (χ4v) is 2.84. The zero-order chi connectivity index (χ0) is 14.1. The molecule has 1 aromatic carbocycles. The van der Waals surface area contributed by atoms with Gasteiger partial charge in [0.15, 0.2) is 4.96 Å². The summed E-state index contributed by atoms with van der Waals surface area (Å²) in [4.78, 5) is 5.16. The van der Waals surface area contributed by atoms with Crippen molar-refractivity contribution in [1.29, 1.82) is 0 Å².